The van der Waals surface area contributed by atoms with Crippen LogP contribution in [0.5, 0.6) is 0 Å². The number of nitrogens with zero attached hydrogens (tertiary/aromatic N) is 1. The number of benzene rings is 1. The van der Waals surface area contributed by atoms with E-state index in [1.165, 1.54) is 12.0 Å². The van der Waals surface area contributed by atoms with Gasteiger partial charge in [0.2, 0.25) is 5.91 Å². The van der Waals surface area contributed by atoms with Gasteiger partial charge < -0.3 is 16.0 Å². The predicted molar refractivity (Wildman–Crippen MR) is 100 cm³/mol. The van der Waals surface area contributed by atoms with Gasteiger partial charge in [-0.2, -0.15) is 0 Å². The zero-order chi connectivity index (χ0) is 15.2. The third-order valence-corrected chi connectivity index (χ3v) is 4.19. The smallest absolute Gasteiger partial charge is 0.241 e. The Kier molecular flexibility index (Phi) is 10.5. The van der Waals surface area contributed by atoms with Crippen molar-refractivity contribution in [2.24, 2.45) is 5.73 Å². The molecule has 1 atom stereocenters. The number of nitrogens with two attached hydrogens (primary N) is 1. The Morgan fingerprint density at radius 2 is 1.83 bits per heavy atom. The van der Waals surface area contributed by atoms with Gasteiger partial charge in [-0.1, -0.05) is 36.8 Å². The number of nitrogens with one attached hydrogen (secondary N) is 1. The van der Waals surface area contributed by atoms with Gasteiger partial charge in [0, 0.05) is 19.1 Å². The zero-order valence-electron chi connectivity index (χ0n) is 14.0. The minimum Gasteiger partial charge on any atom is -0.352 e. The summed E-state index contributed by atoms with van der Waals surface area (Å²) in [5.41, 5.74) is 8.11. The van der Waals surface area contributed by atoms with E-state index in [9.17, 15) is 4.79 Å². The largest absolute Gasteiger partial charge is 0.352 e. The summed E-state index contributed by atoms with van der Waals surface area (Å²) in [6.07, 6.45) is 3.23. The number of rotatable bonds is 5. The normalized spacial score (nSPS) is 16.8. The summed E-state index contributed by atoms with van der Waals surface area (Å²) < 4.78 is 0. The van der Waals surface area contributed by atoms with Crippen LogP contribution in [0.15, 0.2) is 24.3 Å². The molecular formula is C17H29Cl2N3O. The maximum atomic E-state index is 12.3. The molecule has 6 heteroatoms. The first-order valence-electron chi connectivity index (χ1n) is 7.95. The van der Waals surface area contributed by atoms with E-state index in [1.807, 2.05) is 31.2 Å². The number of carbonyl (C=O) groups excluding carboxylic acids is 1. The van der Waals surface area contributed by atoms with Crippen LogP contribution in [0.3, 0.4) is 0 Å². The van der Waals surface area contributed by atoms with E-state index in [4.69, 9.17) is 5.73 Å². The molecule has 23 heavy (non-hydrogen) atoms. The predicted octanol–water partition coefficient (Wildman–Crippen LogP) is 2.83. The second-order valence-electron chi connectivity index (χ2n) is 6.01. The average Bonchev–Trinajstić information content (AvgIpc) is 2.49. The van der Waals surface area contributed by atoms with Crippen molar-refractivity contribution in [3.8, 4) is 0 Å². The van der Waals surface area contributed by atoms with E-state index in [-0.39, 0.29) is 36.8 Å². The van der Waals surface area contributed by atoms with Gasteiger partial charge in [-0.25, -0.2) is 0 Å². The Bertz CT molecular complexity index is 459. The summed E-state index contributed by atoms with van der Waals surface area (Å²) in [5.74, 6) is -0.0622. The van der Waals surface area contributed by atoms with Crippen LogP contribution < -0.4 is 11.1 Å². The Morgan fingerprint density at radius 3 is 2.35 bits per heavy atom. The van der Waals surface area contributed by atoms with Crippen molar-refractivity contribution in [2.75, 3.05) is 19.6 Å². The van der Waals surface area contributed by atoms with Crippen molar-refractivity contribution in [2.45, 2.75) is 45.2 Å². The van der Waals surface area contributed by atoms with Crippen LogP contribution >= 0.6 is 24.8 Å². The Hall–Kier alpha value is -0.810. The lowest BCUT2D eigenvalue weighted by Crippen LogP contribution is -2.47. The van der Waals surface area contributed by atoms with Gasteiger partial charge in [-0.3, -0.25) is 4.79 Å². The third kappa shape index (κ3) is 6.68. The first-order chi connectivity index (χ1) is 10.1. The second kappa shape index (κ2) is 10.9. The average molecular weight is 362 g/mol. The molecule has 1 unspecified atom stereocenters. The summed E-state index contributed by atoms with van der Waals surface area (Å²) >= 11 is 0. The Labute approximate surface area is 152 Å². The van der Waals surface area contributed by atoms with Gasteiger partial charge in [-0.15, -0.1) is 24.8 Å². The standard InChI is InChI=1S/C17H27N3O.2ClH/c1-3-10-20-11-8-15(9-12-20)19-17(21)16(18)14-6-4-13(2)5-7-14;;/h4-7,15-16H,3,8-12,18H2,1-2H3,(H,19,21);2*1H. The molecule has 4 nitrogen and oxygen atoms in total. The first-order valence-corrected chi connectivity index (χ1v) is 7.95. The van der Waals surface area contributed by atoms with Gasteiger partial charge in [0.15, 0.2) is 0 Å². The monoisotopic (exact) mass is 361 g/mol. The number of hydrogen-bond acceptors (Lipinski definition) is 3. The maximum Gasteiger partial charge on any atom is 0.241 e. The fourth-order valence-corrected chi connectivity index (χ4v) is 2.83. The summed E-state index contributed by atoms with van der Waals surface area (Å²) in [6, 6.07) is 7.55. The lowest BCUT2D eigenvalue weighted by Gasteiger charge is -2.32. The van der Waals surface area contributed by atoms with E-state index in [0.29, 0.717) is 0 Å². The van der Waals surface area contributed by atoms with Crippen LogP contribution in [-0.4, -0.2) is 36.5 Å². The van der Waals surface area contributed by atoms with Gasteiger partial charge in [0.25, 0.3) is 0 Å². The number of aryl methyl sites for hydroxylation is 1. The molecule has 132 valence electrons. The highest BCUT2D eigenvalue weighted by Gasteiger charge is 2.23. The van der Waals surface area contributed by atoms with Crippen molar-refractivity contribution >= 4 is 30.7 Å². The van der Waals surface area contributed by atoms with Crippen molar-refractivity contribution < 1.29 is 4.79 Å². The van der Waals surface area contributed by atoms with Crippen LogP contribution in [-0.2, 0) is 4.79 Å². The highest BCUT2D eigenvalue weighted by molar-refractivity contribution is 5.85. The number of halogens is 2. The van der Waals surface area contributed by atoms with Crippen LogP contribution in [0.1, 0.15) is 43.4 Å². The minimum absolute atomic E-state index is 0. The molecule has 2 rings (SSSR count). The number of amides is 1. The minimum atomic E-state index is -0.570. The van der Waals surface area contributed by atoms with Crippen molar-refractivity contribution in [1.82, 2.24) is 10.2 Å². The molecule has 0 saturated carbocycles. The molecule has 1 fully saturated rings. The fourth-order valence-electron chi connectivity index (χ4n) is 2.83. The summed E-state index contributed by atoms with van der Waals surface area (Å²) in [7, 11) is 0. The molecule has 1 amide bonds. The van der Waals surface area contributed by atoms with Crippen LogP contribution in [0.2, 0.25) is 0 Å². The third-order valence-electron chi connectivity index (χ3n) is 4.19. The lowest BCUT2D eigenvalue weighted by atomic mass is 10.0. The van der Waals surface area contributed by atoms with Crippen molar-refractivity contribution in [3.63, 3.8) is 0 Å². The number of likely N-dealkylation sites (tertiary alicyclic amines) is 1. The molecule has 1 aliphatic heterocycles. The van der Waals surface area contributed by atoms with E-state index in [0.717, 1.165) is 38.0 Å². The molecule has 1 saturated heterocycles. The maximum absolute atomic E-state index is 12.3. The number of piperidine rings is 1. The van der Waals surface area contributed by atoms with E-state index >= 15 is 0 Å². The molecule has 1 heterocycles. The van der Waals surface area contributed by atoms with Crippen molar-refractivity contribution in [3.05, 3.63) is 35.4 Å². The zero-order valence-corrected chi connectivity index (χ0v) is 15.6. The molecule has 0 bridgehead atoms. The fraction of sp³-hybridized carbons (Fsp3) is 0.588. The summed E-state index contributed by atoms with van der Waals surface area (Å²) in [5, 5.41) is 3.10. The molecule has 3 N–H and O–H groups in total. The van der Waals surface area contributed by atoms with Gasteiger partial charge in [0.1, 0.15) is 6.04 Å². The first kappa shape index (κ1) is 22.2. The van der Waals surface area contributed by atoms with E-state index < -0.39 is 6.04 Å². The van der Waals surface area contributed by atoms with Gasteiger partial charge >= 0.3 is 0 Å². The number of carbonyl (C=O) groups is 1. The van der Waals surface area contributed by atoms with Crippen LogP contribution in [0, 0.1) is 6.92 Å². The summed E-state index contributed by atoms with van der Waals surface area (Å²) in [4.78, 5) is 14.7. The van der Waals surface area contributed by atoms with Gasteiger partial charge in [-0.05, 0) is 38.3 Å². The molecular weight excluding hydrogens is 333 g/mol. The van der Waals surface area contributed by atoms with E-state index in [2.05, 4.69) is 17.1 Å². The summed E-state index contributed by atoms with van der Waals surface area (Å²) in [6.45, 7) is 7.52. The van der Waals surface area contributed by atoms with E-state index in [1.54, 1.807) is 0 Å². The molecule has 0 radical (unpaired) electrons. The number of hydrogen-bond donors (Lipinski definition) is 2. The molecule has 1 aromatic rings. The second-order valence-corrected chi connectivity index (χ2v) is 6.01. The molecule has 0 aromatic heterocycles. The van der Waals surface area contributed by atoms with Crippen LogP contribution in [0.25, 0.3) is 0 Å². The molecule has 0 spiro atoms. The highest BCUT2D eigenvalue weighted by Crippen LogP contribution is 2.14. The highest BCUT2D eigenvalue weighted by atomic mass is 35.5. The lowest BCUT2D eigenvalue weighted by molar-refractivity contribution is -0.123. The Morgan fingerprint density at radius 1 is 1.26 bits per heavy atom. The van der Waals surface area contributed by atoms with Crippen LogP contribution in [0.4, 0.5) is 0 Å². The molecule has 1 aliphatic rings. The van der Waals surface area contributed by atoms with Crippen molar-refractivity contribution in [1.29, 1.82) is 0 Å². The topological polar surface area (TPSA) is 58.4 Å². The van der Waals surface area contributed by atoms with Gasteiger partial charge in [0.05, 0.1) is 0 Å². The molecule has 1 aromatic carbocycles. The molecule has 0 aliphatic carbocycles. The Balaban J connectivity index is 0.00000242. The SMILES string of the molecule is CCCN1CCC(NC(=O)C(N)c2ccc(C)cc2)CC1.Cl.Cl. The quantitative estimate of drug-likeness (QED) is 0.847.